The van der Waals surface area contributed by atoms with Gasteiger partial charge in [-0.2, -0.15) is 0 Å². The van der Waals surface area contributed by atoms with E-state index in [1.165, 1.54) is 12.1 Å². The van der Waals surface area contributed by atoms with E-state index in [-0.39, 0.29) is 5.82 Å². The fraction of sp³-hybridized carbons (Fsp3) is 0.143. The summed E-state index contributed by atoms with van der Waals surface area (Å²) in [6.45, 7) is 2.41. The van der Waals surface area contributed by atoms with Crippen molar-refractivity contribution in [2.45, 2.75) is 6.92 Å². The van der Waals surface area contributed by atoms with Gasteiger partial charge in [-0.15, -0.1) is 0 Å². The summed E-state index contributed by atoms with van der Waals surface area (Å²) in [5.74, 6) is 1.44. The number of hydrogen-bond acceptors (Lipinski definition) is 3. The average Bonchev–Trinajstić information content (AvgIpc) is 2.37. The first kappa shape index (κ1) is 12.2. The van der Waals surface area contributed by atoms with Gasteiger partial charge in [-0.05, 0) is 43.3 Å². The lowest BCUT2D eigenvalue weighted by atomic mass is 10.2. The van der Waals surface area contributed by atoms with Crippen LogP contribution >= 0.6 is 0 Å². The summed E-state index contributed by atoms with van der Waals surface area (Å²) in [6.07, 6.45) is 0. The van der Waals surface area contributed by atoms with Gasteiger partial charge in [-0.1, -0.05) is 0 Å². The minimum absolute atomic E-state index is 0.297. The number of benzene rings is 2. The Bertz CT molecular complexity index is 526. The van der Waals surface area contributed by atoms with Crippen molar-refractivity contribution >= 4 is 5.69 Å². The van der Waals surface area contributed by atoms with Crippen molar-refractivity contribution in [3.63, 3.8) is 0 Å². The molecule has 0 bridgehead atoms. The monoisotopic (exact) mass is 247 g/mol. The normalized spacial score (nSPS) is 10.1. The highest BCUT2D eigenvalue weighted by Gasteiger charge is 2.04. The lowest BCUT2D eigenvalue weighted by molar-refractivity contribution is 0.340. The first-order valence-corrected chi connectivity index (χ1v) is 5.65. The molecule has 94 valence electrons. The van der Waals surface area contributed by atoms with Gasteiger partial charge in [-0.3, -0.25) is 0 Å². The van der Waals surface area contributed by atoms with E-state index in [4.69, 9.17) is 15.2 Å². The number of ether oxygens (including phenoxy) is 2. The molecule has 0 fully saturated rings. The van der Waals surface area contributed by atoms with Crippen molar-refractivity contribution in [1.82, 2.24) is 0 Å². The zero-order valence-electron chi connectivity index (χ0n) is 10.0. The third-order valence-corrected chi connectivity index (χ3v) is 2.33. The molecule has 0 saturated heterocycles. The zero-order chi connectivity index (χ0) is 13.0. The Morgan fingerprint density at radius 2 is 1.72 bits per heavy atom. The Morgan fingerprint density at radius 3 is 2.39 bits per heavy atom. The van der Waals surface area contributed by atoms with E-state index in [1.807, 2.05) is 6.92 Å². The van der Waals surface area contributed by atoms with Gasteiger partial charge in [0.05, 0.1) is 12.3 Å². The van der Waals surface area contributed by atoms with Crippen LogP contribution in [0.3, 0.4) is 0 Å². The van der Waals surface area contributed by atoms with Crippen molar-refractivity contribution < 1.29 is 13.9 Å². The van der Waals surface area contributed by atoms with Crippen molar-refractivity contribution in [1.29, 1.82) is 0 Å². The summed E-state index contributed by atoms with van der Waals surface area (Å²) < 4.78 is 23.7. The number of nitrogen functional groups attached to an aromatic ring is 1. The molecule has 0 heterocycles. The third-order valence-electron chi connectivity index (χ3n) is 2.33. The Hall–Kier alpha value is -2.23. The van der Waals surface area contributed by atoms with Crippen LogP contribution in [0.5, 0.6) is 17.2 Å². The molecule has 0 spiro atoms. The maximum Gasteiger partial charge on any atom is 0.145 e. The van der Waals surface area contributed by atoms with E-state index in [9.17, 15) is 4.39 Å². The van der Waals surface area contributed by atoms with Gasteiger partial charge in [0.25, 0.3) is 0 Å². The third kappa shape index (κ3) is 2.91. The Balaban J connectivity index is 2.18. The quantitative estimate of drug-likeness (QED) is 0.839. The first-order chi connectivity index (χ1) is 8.69. The Kier molecular flexibility index (Phi) is 3.67. The second-order valence-corrected chi connectivity index (χ2v) is 3.69. The zero-order valence-corrected chi connectivity index (χ0v) is 10.0. The molecule has 0 aliphatic rings. The van der Waals surface area contributed by atoms with Crippen LogP contribution in [-0.2, 0) is 0 Å². The number of rotatable bonds is 4. The minimum atomic E-state index is -0.297. The van der Waals surface area contributed by atoms with E-state index in [1.54, 1.807) is 30.3 Å². The van der Waals surface area contributed by atoms with E-state index in [0.29, 0.717) is 29.5 Å². The van der Waals surface area contributed by atoms with Gasteiger partial charge >= 0.3 is 0 Å². The summed E-state index contributed by atoms with van der Waals surface area (Å²) in [5, 5.41) is 0. The van der Waals surface area contributed by atoms with Gasteiger partial charge < -0.3 is 15.2 Å². The van der Waals surface area contributed by atoms with Crippen molar-refractivity contribution in [2.75, 3.05) is 12.3 Å². The molecule has 0 radical (unpaired) electrons. The van der Waals surface area contributed by atoms with Crippen LogP contribution in [0.2, 0.25) is 0 Å². The molecule has 0 atom stereocenters. The number of anilines is 1. The van der Waals surface area contributed by atoms with Crippen LogP contribution in [0, 0.1) is 5.82 Å². The second-order valence-electron chi connectivity index (χ2n) is 3.69. The average molecular weight is 247 g/mol. The molecule has 4 heteroatoms. The molecule has 0 aliphatic heterocycles. The van der Waals surface area contributed by atoms with E-state index < -0.39 is 0 Å². The van der Waals surface area contributed by atoms with Crippen LogP contribution in [0.4, 0.5) is 10.1 Å². The van der Waals surface area contributed by atoms with Gasteiger partial charge in [0, 0.05) is 6.07 Å². The smallest absolute Gasteiger partial charge is 0.145 e. The molecule has 2 N–H and O–H groups in total. The summed E-state index contributed by atoms with van der Waals surface area (Å²) >= 11 is 0. The Labute approximate surface area is 105 Å². The fourth-order valence-electron chi connectivity index (χ4n) is 1.50. The highest BCUT2D eigenvalue weighted by Crippen LogP contribution is 2.30. The van der Waals surface area contributed by atoms with Crippen molar-refractivity contribution in [3.05, 3.63) is 48.3 Å². The fourth-order valence-corrected chi connectivity index (χ4v) is 1.50. The minimum Gasteiger partial charge on any atom is -0.492 e. The molecule has 0 aliphatic carbocycles. The number of nitrogens with two attached hydrogens (primary N) is 1. The summed E-state index contributed by atoms with van der Waals surface area (Å²) in [5.41, 5.74) is 6.32. The summed E-state index contributed by atoms with van der Waals surface area (Å²) in [6, 6.07) is 11.0. The highest BCUT2D eigenvalue weighted by atomic mass is 19.1. The number of halogens is 1. The molecule has 2 rings (SSSR count). The van der Waals surface area contributed by atoms with Gasteiger partial charge in [-0.25, -0.2) is 4.39 Å². The largest absolute Gasteiger partial charge is 0.492 e. The van der Waals surface area contributed by atoms with Crippen LogP contribution in [0.1, 0.15) is 6.92 Å². The summed E-state index contributed by atoms with van der Waals surface area (Å²) in [4.78, 5) is 0. The van der Waals surface area contributed by atoms with Gasteiger partial charge in [0.2, 0.25) is 0 Å². The predicted octanol–water partition coefficient (Wildman–Crippen LogP) is 3.60. The van der Waals surface area contributed by atoms with Gasteiger partial charge in [0.15, 0.2) is 0 Å². The maximum absolute atomic E-state index is 12.8. The Morgan fingerprint density at radius 1 is 1.06 bits per heavy atom. The van der Waals surface area contributed by atoms with Crippen LogP contribution < -0.4 is 15.2 Å². The standard InChI is InChI=1S/C14H14FNO2/c1-2-17-14-9-12(7-8-13(14)16)18-11-5-3-10(15)4-6-11/h3-9H,2,16H2,1H3. The van der Waals surface area contributed by atoms with E-state index >= 15 is 0 Å². The molecular weight excluding hydrogens is 233 g/mol. The van der Waals surface area contributed by atoms with Gasteiger partial charge in [0.1, 0.15) is 23.1 Å². The van der Waals surface area contributed by atoms with E-state index in [0.717, 1.165) is 0 Å². The molecule has 3 nitrogen and oxygen atoms in total. The van der Waals surface area contributed by atoms with Crippen LogP contribution in [0.25, 0.3) is 0 Å². The topological polar surface area (TPSA) is 44.5 Å². The summed E-state index contributed by atoms with van der Waals surface area (Å²) in [7, 11) is 0. The molecule has 0 amide bonds. The SMILES string of the molecule is CCOc1cc(Oc2ccc(F)cc2)ccc1N. The van der Waals surface area contributed by atoms with Crippen molar-refractivity contribution in [3.8, 4) is 17.2 Å². The predicted molar refractivity (Wildman–Crippen MR) is 68.5 cm³/mol. The molecule has 2 aromatic carbocycles. The lowest BCUT2D eigenvalue weighted by Crippen LogP contribution is -1.97. The molecule has 0 aromatic heterocycles. The molecule has 0 unspecified atom stereocenters. The van der Waals surface area contributed by atoms with Crippen LogP contribution in [0.15, 0.2) is 42.5 Å². The molecule has 0 saturated carbocycles. The molecular formula is C14H14FNO2. The molecule has 2 aromatic rings. The highest BCUT2D eigenvalue weighted by molar-refractivity contribution is 5.56. The maximum atomic E-state index is 12.8. The lowest BCUT2D eigenvalue weighted by Gasteiger charge is -2.10. The number of hydrogen-bond donors (Lipinski definition) is 1. The molecule has 18 heavy (non-hydrogen) atoms. The first-order valence-electron chi connectivity index (χ1n) is 5.65. The van der Waals surface area contributed by atoms with E-state index in [2.05, 4.69) is 0 Å². The second kappa shape index (κ2) is 5.40. The van der Waals surface area contributed by atoms with Crippen LogP contribution in [-0.4, -0.2) is 6.61 Å². The van der Waals surface area contributed by atoms with Crippen molar-refractivity contribution in [2.24, 2.45) is 0 Å².